The van der Waals surface area contributed by atoms with Gasteiger partial charge in [0.2, 0.25) is 0 Å². The van der Waals surface area contributed by atoms with Crippen LogP contribution in [0.2, 0.25) is 0 Å². The highest BCUT2D eigenvalue weighted by molar-refractivity contribution is 7.07. The molecule has 0 saturated carbocycles. The van der Waals surface area contributed by atoms with E-state index in [1.54, 1.807) is 23.6 Å². The summed E-state index contributed by atoms with van der Waals surface area (Å²) in [5.74, 6) is 0.918. The molecule has 1 saturated heterocycles. The van der Waals surface area contributed by atoms with Crippen molar-refractivity contribution in [3.8, 4) is 0 Å². The summed E-state index contributed by atoms with van der Waals surface area (Å²) in [5.41, 5.74) is 1.98. The molecule has 1 amide bonds. The van der Waals surface area contributed by atoms with Gasteiger partial charge in [-0.05, 0) is 47.4 Å². The van der Waals surface area contributed by atoms with Gasteiger partial charge in [-0.25, -0.2) is 4.98 Å². The molecule has 0 spiro atoms. The van der Waals surface area contributed by atoms with E-state index in [2.05, 4.69) is 21.8 Å². The van der Waals surface area contributed by atoms with E-state index in [-0.39, 0.29) is 11.9 Å². The molecule has 1 atom stereocenters. The van der Waals surface area contributed by atoms with Crippen molar-refractivity contribution < 1.29 is 4.79 Å². The molecule has 2 aromatic heterocycles. The van der Waals surface area contributed by atoms with Crippen LogP contribution in [0.25, 0.3) is 0 Å². The van der Waals surface area contributed by atoms with Crippen LogP contribution in [-0.2, 0) is 0 Å². The predicted molar refractivity (Wildman–Crippen MR) is 85.9 cm³/mol. The van der Waals surface area contributed by atoms with E-state index in [0.717, 1.165) is 30.8 Å². The van der Waals surface area contributed by atoms with Crippen molar-refractivity contribution in [2.75, 3.05) is 25.5 Å². The number of amides is 1. The summed E-state index contributed by atoms with van der Waals surface area (Å²) in [7, 11) is 3.86. The first-order chi connectivity index (χ1) is 10.2. The first kappa shape index (κ1) is 14.1. The van der Waals surface area contributed by atoms with E-state index in [9.17, 15) is 4.79 Å². The van der Waals surface area contributed by atoms with Gasteiger partial charge in [-0.15, -0.1) is 0 Å². The monoisotopic (exact) mass is 301 g/mol. The van der Waals surface area contributed by atoms with Gasteiger partial charge in [0, 0.05) is 32.4 Å². The van der Waals surface area contributed by atoms with Gasteiger partial charge in [-0.2, -0.15) is 11.3 Å². The Labute approximate surface area is 129 Å². The minimum atomic E-state index is 0.106. The summed E-state index contributed by atoms with van der Waals surface area (Å²) in [6.45, 7) is 0.832. The van der Waals surface area contributed by atoms with Crippen LogP contribution < -0.4 is 4.90 Å². The maximum atomic E-state index is 12.8. The van der Waals surface area contributed by atoms with E-state index < -0.39 is 0 Å². The molecule has 110 valence electrons. The summed E-state index contributed by atoms with van der Waals surface area (Å²) in [6, 6.07) is 6.02. The van der Waals surface area contributed by atoms with Crippen molar-refractivity contribution in [3.63, 3.8) is 0 Å². The molecule has 0 N–H and O–H groups in total. The molecule has 0 unspecified atom stereocenters. The lowest BCUT2D eigenvalue weighted by Gasteiger charge is -2.24. The highest BCUT2D eigenvalue weighted by atomic mass is 32.1. The Kier molecular flexibility index (Phi) is 3.92. The van der Waals surface area contributed by atoms with Crippen molar-refractivity contribution in [1.82, 2.24) is 9.88 Å². The second-order valence-corrected chi connectivity index (χ2v) is 6.29. The second kappa shape index (κ2) is 5.85. The topological polar surface area (TPSA) is 36.4 Å². The van der Waals surface area contributed by atoms with E-state index >= 15 is 0 Å². The second-order valence-electron chi connectivity index (χ2n) is 5.51. The van der Waals surface area contributed by atoms with E-state index in [1.807, 2.05) is 30.0 Å². The molecular weight excluding hydrogens is 282 g/mol. The fourth-order valence-corrected chi connectivity index (χ4v) is 3.49. The number of thiophene rings is 1. The molecular formula is C16H19N3OS. The fraction of sp³-hybridized carbons (Fsp3) is 0.375. The standard InChI is InChI=1S/C16H19N3OS/c1-18(2)15-10-12(5-7-17-15)16(20)19-8-3-4-14(19)13-6-9-21-11-13/h5-7,9-11,14H,3-4,8H2,1-2H3/t14-/m0/s1. The zero-order chi connectivity index (χ0) is 14.8. The van der Waals surface area contributed by atoms with Crippen LogP contribution in [0.15, 0.2) is 35.2 Å². The Balaban J connectivity index is 1.86. The summed E-state index contributed by atoms with van der Waals surface area (Å²) in [6.07, 6.45) is 3.82. The smallest absolute Gasteiger partial charge is 0.254 e. The van der Waals surface area contributed by atoms with Gasteiger partial charge in [0.05, 0.1) is 6.04 Å². The maximum Gasteiger partial charge on any atom is 0.254 e. The molecule has 0 aliphatic carbocycles. The Morgan fingerprint density at radius 1 is 1.43 bits per heavy atom. The summed E-state index contributed by atoms with van der Waals surface area (Å²) >= 11 is 1.69. The van der Waals surface area contributed by atoms with Gasteiger partial charge in [-0.3, -0.25) is 4.79 Å². The molecule has 21 heavy (non-hydrogen) atoms. The molecule has 0 bridgehead atoms. The average Bonchev–Trinajstić information content (AvgIpc) is 3.17. The van der Waals surface area contributed by atoms with Crippen molar-refractivity contribution >= 4 is 23.1 Å². The molecule has 0 aromatic carbocycles. The number of rotatable bonds is 3. The number of carbonyl (C=O) groups excluding carboxylic acids is 1. The predicted octanol–water partition coefficient (Wildman–Crippen LogP) is 3.19. The third-order valence-electron chi connectivity index (χ3n) is 3.89. The van der Waals surface area contributed by atoms with Gasteiger partial charge in [0.1, 0.15) is 5.82 Å². The minimum Gasteiger partial charge on any atom is -0.363 e. The SMILES string of the molecule is CN(C)c1cc(C(=O)N2CCC[C@H]2c2ccsc2)ccn1. The first-order valence-corrected chi connectivity index (χ1v) is 8.07. The van der Waals surface area contributed by atoms with Crippen molar-refractivity contribution in [2.45, 2.75) is 18.9 Å². The van der Waals surface area contributed by atoms with Crippen LogP contribution in [0.3, 0.4) is 0 Å². The van der Waals surface area contributed by atoms with Crippen LogP contribution in [0.4, 0.5) is 5.82 Å². The molecule has 2 aromatic rings. The Morgan fingerprint density at radius 3 is 3.00 bits per heavy atom. The number of nitrogens with zero attached hydrogens (tertiary/aromatic N) is 3. The molecule has 1 aliphatic heterocycles. The van der Waals surface area contributed by atoms with Crippen molar-refractivity contribution in [3.05, 3.63) is 46.3 Å². The van der Waals surface area contributed by atoms with Crippen LogP contribution in [0, 0.1) is 0 Å². The lowest BCUT2D eigenvalue weighted by atomic mass is 10.1. The van der Waals surface area contributed by atoms with Crippen molar-refractivity contribution in [2.24, 2.45) is 0 Å². The van der Waals surface area contributed by atoms with E-state index in [0.29, 0.717) is 0 Å². The highest BCUT2D eigenvalue weighted by Gasteiger charge is 2.30. The third kappa shape index (κ3) is 2.78. The molecule has 3 heterocycles. The molecule has 0 radical (unpaired) electrons. The van der Waals surface area contributed by atoms with Gasteiger partial charge in [0.15, 0.2) is 0 Å². The number of anilines is 1. The number of hydrogen-bond donors (Lipinski definition) is 0. The van der Waals surface area contributed by atoms with E-state index in [1.165, 1.54) is 5.56 Å². The summed E-state index contributed by atoms with van der Waals surface area (Å²) in [5, 5.41) is 4.22. The lowest BCUT2D eigenvalue weighted by molar-refractivity contribution is 0.0736. The minimum absolute atomic E-state index is 0.106. The number of likely N-dealkylation sites (tertiary alicyclic amines) is 1. The van der Waals surface area contributed by atoms with Crippen LogP contribution in [0.5, 0.6) is 0 Å². The molecule has 5 heteroatoms. The van der Waals surface area contributed by atoms with Gasteiger partial charge < -0.3 is 9.80 Å². The Morgan fingerprint density at radius 2 is 2.29 bits per heavy atom. The number of hydrogen-bond acceptors (Lipinski definition) is 4. The molecule has 1 fully saturated rings. The summed E-state index contributed by atoms with van der Waals surface area (Å²) in [4.78, 5) is 21.0. The Bertz CT molecular complexity index is 624. The van der Waals surface area contributed by atoms with Crippen LogP contribution >= 0.6 is 11.3 Å². The van der Waals surface area contributed by atoms with Gasteiger partial charge in [-0.1, -0.05) is 0 Å². The Hall–Kier alpha value is -1.88. The number of carbonyl (C=O) groups is 1. The molecule has 3 rings (SSSR count). The lowest BCUT2D eigenvalue weighted by Crippen LogP contribution is -2.30. The maximum absolute atomic E-state index is 12.8. The molecule has 4 nitrogen and oxygen atoms in total. The van der Waals surface area contributed by atoms with Crippen LogP contribution in [0.1, 0.15) is 34.8 Å². The normalized spacial score (nSPS) is 18.0. The van der Waals surface area contributed by atoms with Crippen LogP contribution in [-0.4, -0.2) is 36.4 Å². The molecule has 1 aliphatic rings. The number of aromatic nitrogens is 1. The highest BCUT2D eigenvalue weighted by Crippen LogP contribution is 2.34. The zero-order valence-corrected chi connectivity index (χ0v) is 13.1. The fourth-order valence-electron chi connectivity index (χ4n) is 2.78. The first-order valence-electron chi connectivity index (χ1n) is 7.13. The van der Waals surface area contributed by atoms with Gasteiger partial charge in [0.25, 0.3) is 5.91 Å². The largest absolute Gasteiger partial charge is 0.363 e. The quantitative estimate of drug-likeness (QED) is 0.873. The van der Waals surface area contributed by atoms with Gasteiger partial charge >= 0.3 is 0 Å². The summed E-state index contributed by atoms with van der Waals surface area (Å²) < 4.78 is 0. The third-order valence-corrected chi connectivity index (χ3v) is 4.59. The van der Waals surface area contributed by atoms with E-state index in [4.69, 9.17) is 0 Å². The number of pyridine rings is 1. The average molecular weight is 301 g/mol. The zero-order valence-electron chi connectivity index (χ0n) is 12.3. The van der Waals surface area contributed by atoms with Crippen molar-refractivity contribution in [1.29, 1.82) is 0 Å².